The second-order valence-electron chi connectivity index (χ2n) is 5.71. The van der Waals surface area contributed by atoms with E-state index in [-0.39, 0.29) is 43.3 Å². The minimum atomic E-state index is -0.529. The first kappa shape index (κ1) is 20.6. The van der Waals surface area contributed by atoms with E-state index < -0.39 is 11.7 Å². The van der Waals surface area contributed by atoms with Crippen LogP contribution in [0.5, 0.6) is 0 Å². The second-order valence-corrected chi connectivity index (χ2v) is 6.56. The number of nitrogens with one attached hydrogen (secondary N) is 1. The van der Waals surface area contributed by atoms with Gasteiger partial charge in [0, 0.05) is 24.0 Å². The van der Waals surface area contributed by atoms with E-state index >= 15 is 0 Å². The lowest BCUT2D eigenvalue weighted by Gasteiger charge is -2.20. The van der Waals surface area contributed by atoms with E-state index in [1.807, 2.05) is 0 Å². The van der Waals surface area contributed by atoms with Crippen molar-refractivity contribution in [3.8, 4) is 12.3 Å². The van der Waals surface area contributed by atoms with Gasteiger partial charge in [0.1, 0.15) is 11.6 Å². The highest BCUT2D eigenvalue weighted by atomic mass is 79.9. The second kappa shape index (κ2) is 9.83. The Morgan fingerprint density at radius 2 is 1.78 bits per heavy atom. The van der Waals surface area contributed by atoms with Crippen LogP contribution < -0.4 is 5.32 Å². The molecule has 0 aliphatic rings. The van der Waals surface area contributed by atoms with Crippen LogP contribution in [0.1, 0.15) is 22.3 Å². The van der Waals surface area contributed by atoms with Gasteiger partial charge in [-0.05, 0) is 51.8 Å². The third kappa shape index (κ3) is 6.19. The molecule has 4 nitrogen and oxygen atoms in total. The van der Waals surface area contributed by atoms with Gasteiger partial charge in [-0.1, -0.05) is 18.1 Å². The molecule has 1 N–H and O–H groups in total. The summed E-state index contributed by atoms with van der Waals surface area (Å²) in [6.45, 7) is 0.414. The molecule has 0 saturated heterocycles. The number of amides is 2. The molecular formula is C20H17BrF2N2O2. The van der Waals surface area contributed by atoms with E-state index in [2.05, 4.69) is 27.2 Å². The summed E-state index contributed by atoms with van der Waals surface area (Å²) < 4.78 is 26.7. The van der Waals surface area contributed by atoms with Gasteiger partial charge in [0.05, 0.1) is 12.1 Å². The van der Waals surface area contributed by atoms with Crippen LogP contribution in [0, 0.1) is 24.0 Å². The van der Waals surface area contributed by atoms with Crippen molar-refractivity contribution < 1.29 is 18.4 Å². The molecule has 0 aromatic heterocycles. The monoisotopic (exact) mass is 434 g/mol. The average Bonchev–Trinajstić information content (AvgIpc) is 2.64. The zero-order valence-corrected chi connectivity index (χ0v) is 15.9. The zero-order valence-electron chi connectivity index (χ0n) is 14.3. The number of carbonyl (C=O) groups excluding carboxylic acids is 2. The number of terminal acetylenes is 1. The van der Waals surface area contributed by atoms with Crippen molar-refractivity contribution in [2.75, 3.05) is 13.1 Å². The van der Waals surface area contributed by atoms with E-state index in [1.54, 1.807) is 12.1 Å². The number of hydrogen-bond donors (Lipinski definition) is 1. The third-order valence-electron chi connectivity index (χ3n) is 3.72. The summed E-state index contributed by atoms with van der Waals surface area (Å²) in [5.41, 5.74) is 0.891. The lowest BCUT2D eigenvalue weighted by Crippen LogP contribution is -2.34. The van der Waals surface area contributed by atoms with Crippen LogP contribution in [-0.2, 0) is 11.3 Å². The third-order valence-corrected chi connectivity index (χ3v) is 4.41. The molecule has 0 atom stereocenters. The molecule has 140 valence electrons. The summed E-state index contributed by atoms with van der Waals surface area (Å²) in [7, 11) is 0. The minimum Gasteiger partial charge on any atom is -0.351 e. The van der Waals surface area contributed by atoms with Crippen LogP contribution in [0.2, 0.25) is 0 Å². The van der Waals surface area contributed by atoms with Gasteiger partial charge in [-0.3, -0.25) is 9.59 Å². The van der Waals surface area contributed by atoms with Gasteiger partial charge in [0.15, 0.2) is 0 Å². The van der Waals surface area contributed by atoms with Crippen molar-refractivity contribution in [1.82, 2.24) is 10.2 Å². The first-order chi connectivity index (χ1) is 12.9. The fourth-order valence-electron chi connectivity index (χ4n) is 2.36. The summed E-state index contributed by atoms with van der Waals surface area (Å²) in [5, 5.41) is 2.58. The topological polar surface area (TPSA) is 49.4 Å². The Hall–Kier alpha value is -2.72. The van der Waals surface area contributed by atoms with E-state index in [9.17, 15) is 18.4 Å². The molecule has 0 fully saturated rings. The molecule has 0 radical (unpaired) electrons. The maximum absolute atomic E-state index is 13.3. The summed E-state index contributed by atoms with van der Waals surface area (Å²) in [5.74, 6) is 0.781. The largest absolute Gasteiger partial charge is 0.351 e. The van der Waals surface area contributed by atoms with Crippen molar-refractivity contribution in [1.29, 1.82) is 0 Å². The normalized spacial score (nSPS) is 10.1. The maximum atomic E-state index is 13.3. The first-order valence-electron chi connectivity index (χ1n) is 8.09. The predicted molar refractivity (Wildman–Crippen MR) is 102 cm³/mol. The maximum Gasteiger partial charge on any atom is 0.252 e. The van der Waals surface area contributed by atoms with E-state index in [0.29, 0.717) is 4.47 Å². The van der Waals surface area contributed by atoms with Crippen molar-refractivity contribution in [3.63, 3.8) is 0 Å². The van der Waals surface area contributed by atoms with Gasteiger partial charge in [0.25, 0.3) is 5.91 Å². The average molecular weight is 435 g/mol. The van der Waals surface area contributed by atoms with E-state index in [4.69, 9.17) is 6.42 Å². The highest BCUT2D eigenvalue weighted by Crippen LogP contribution is 2.17. The van der Waals surface area contributed by atoms with Gasteiger partial charge >= 0.3 is 0 Å². The molecule has 0 aliphatic carbocycles. The van der Waals surface area contributed by atoms with Gasteiger partial charge < -0.3 is 10.2 Å². The number of rotatable bonds is 7. The SMILES string of the molecule is C#CCN(Cc1ccc(F)cc1)C(=O)CCNC(=O)c1cc(F)ccc1Br. The van der Waals surface area contributed by atoms with E-state index in [0.717, 1.165) is 11.6 Å². The minimum absolute atomic E-state index is 0.0293. The molecule has 0 saturated carbocycles. The molecule has 0 spiro atoms. The van der Waals surface area contributed by atoms with Crippen LogP contribution in [0.3, 0.4) is 0 Å². The van der Waals surface area contributed by atoms with E-state index in [1.165, 1.54) is 29.2 Å². The molecular weight excluding hydrogens is 418 g/mol. The van der Waals surface area contributed by atoms with Crippen LogP contribution in [0.15, 0.2) is 46.9 Å². The predicted octanol–water partition coefficient (Wildman–Crippen LogP) is 3.51. The van der Waals surface area contributed by atoms with Crippen molar-refractivity contribution in [2.45, 2.75) is 13.0 Å². The standard InChI is InChI=1S/C20H17BrF2N2O2/c1-2-11-25(13-14-3-5-15(22)6-4-14)19(26)9-10-24-20(27)17-12-16(23)7-8-18(17)21/h1,3-8,12H,9-11,13H2,(H,24,27). The molecule has 7 heteroatoms. The zero-order chi connectivity index (χ0) is 19.8. The Balaban J connectivity index is 1.91. The fraction of sp³-hybridized carbons (Fsp3) is 0.200. The van der Waals surface area contributed by atoms with Crippen LogP contribution in [0.25, 0.3) is 0 Å². The van der Waals surface area contributed by atoms with Crippen molar-refractivity contribution in [3.05, 3.63) is 69.7 Å². The highest BCUT2D eigenvalue weighted by Gasteiger charge is 2.15. The lowest BCUT2D eigenvalue weighted by atomic mass is 10.2. The Morgan fingerprint density at radius 3 is 2.44 bits per heavy atom. The highest BCUT2D eigenvalue weighted by molar-refractivity contribution is 9.10. The van der Waals surface area contributed by atoms with Crippen molar-refractivity contribution >= 4 is 27.7 Å². The molecule has 0 bridgehead atoms. The number of halogens is 3. The van der Waals surface area contributed by atoms with Crippen LogP contribution in [0.4, 0.5) is 8.78 Å². The molecule has 2 aromatic carbocycles. The quantitative estimate of drug-likeness (QED) is 0.677. The number of carbonyl (C=O) groups is 2. The molecule has 2 amide bonds. The summed E-state index contributed by atoms with van der Waals surface area (Å²) >= 11 is 3.19. The molecule has 0 unspecified atom stereocenters. The number of hydrogen-bond acceptors (Lipinski definition) is 2. The summed E-state index contributed by atoms with van der Waals surface area (Å²) in [4.78, 5) is 25.9. The van der Waals surface area contributed by atoms with Crippen LogP contribution in [-0.4, -0.2) is 29.8 Å². The molecule has 0 aliphatic heterocycles. The Labute approximate surface area is 164 Å². The Bertz CT molecular complexity index is 863. The molecule has 27 heavy (non-hydrogen) atoms. The molecule has 2 aromatic rings. The molecule has 2 rings (SSSR count). The summed E-state index contributed by atoms with van der Waals surface area (Å²) in [6, 6.07) is 9.56. The lowest BCUT2D eigenvalue weighted by molar-refractivity contribution is -0.131. The first-order valence-corrected chi connectivity index (χ1v) is 8.89. The Kier molecular flexibility index (Phi) is 7.50. The van der Waals surface area contributed by atoms with Gasteiger partial charge in [-0.2, -0.15) is 0 Å². The number of nitrogens with zero attached hydrogens (tertiary/aromatic N) is 1. The number of benzene rings is 2. The van der Waals surface area contributed by atoms with Gasteiger partial charge in [0.2, 0.25) is 5.91 Å². The van der Waals surface area contributed by atoms with Crippen molar-refractivity contribution in [2.24, 2.45) is 0 Å². The smallest absolute Gasteiger partial charge is 0.252 e. The summed E-state index contributed by atoms with van der Waals surface area (Å²) in [6.07, 6.45) is 5.34. The van der Waals surface area contributed by atoms with Gasteiger partial charge in [-0.15, -0.1) is 6.42 Å². The van der Waals surface area contributed by atoms with Gasteiger partial charge in [-0.25, -0.2) is 8.78 Å². The fourth-order valence-corrected chi connectivity index (χ4v) is 2.79. The molecule has 0 heterocycles. The van der Waals surface area contributed by atoms with Crippen LogP contribution >= 0.6 is 15.9 Å². The Morgan fingerprint density at radius 1 is 1.11 bits per heavy atom.